The molecule has 0 aliphatic rings. The summed E-state index contributed by atoms with van der Waals surface area (Å²) in [6, 6.07) is 7.65. The normalized spacial score (nSPS) is 14.4. The Bertz CT molecular complexity index is 745. The molecule has 3 rings (SSSR count). The molecule has 0 spiro atoms. The van der Waals surface area contributed by atoms with Crippen LogP contribution in [0.3, 0.4) is 0 Å². The molecule has 21 heavy (non-hydrogen) atoms. The van der Waals surface area contributed by atoms with Crippen molar-refractivity contribution in [3.63, 3.8) is 0 Å². The van der Waals surface area contributed by atoms with Gasteiger partial charge in [-0.1, -0.05) is 0 Å². The van der Waals surface area contributed by atoms with Crippen LogP contribution in [0, 0.1) is 0 Å². The molecule has 2 aromatic heterocycles. The number of rotatable bonds is 4. The third kappa shape index (κ3) is 2.50. The maximum absolute atomic E-state index is 10.0. The highest BCUT2D eigenvalue weighted by Gasteiger charge is 2.19. The second kappa shape index (κ2) is 5.21. The summed E-state index contributed by atoms with van der Waals surface area (Å²) in [6.07, 6.45) is 3.05. The van der Waals surface area contributed by atoms with Gasteiger partial charge in [-0.15, -0.1) is 0 Å². The van der Waals surface area contributed by atoms with Gasteiger partial charge in [0.15, 0.2) is 0 Å². The highest BCUT2D eigenvalue weighted by molar-refractivity contribution is 5.79. The minimum absolute atomic E-state index is 0.114. The number of fused-ring (bicyclic) bond motifs is 1. The van der Waals surface area contributed by atoms with Gasteiger partial charge in [0, 0.05) is 18.1 Å². The fraction of sp³-hybridized carbons (Fsp3) is 0.333. The number of aliphatic hydroxyl groups excluding tert-OH is 1. The average molecular weight is 285 g/mol. The molecular formula is C15H19N5O. The van der Waals surface area contributed by atoms with Crippen molar-refractivity contribution in [3.8, 4) is 0 Å². The quantitative estimate of drug-likeness (QED) is 0.719. The van der Waals surface area contributed by atoms with E-state index in [1.807, 2.05) is 35.1 Å². The lowest BCUT2D eigenvalue weighted by molar-refractivity contribution is 0.181. The number of nitrogen functional groups attached to an aromatic ring is 1. The van der Waals surface area contributed by atoms with Gasteiger partial charge in [-0.25, -0.2) is 4.98 Å². The van der Waals surface area contributed by atoms with E-state index in [2.05, 4.69) is 21.6 Å². The Morgan fingerprint density at radius 3 is 2.81 bits per heavy atom. The lowest BCUT2D eigenvalue weighted by Gasteiger charge is -2.19. The molecule has 2 unspecified atom stereocenters. The first-order valence-corrected chi connectivity index (χ1v) is 6.99. The van der Waals surface area contributed by atoms with Gasteiger partial charge in [-0.2, -0.15) is 5.10 Å². The van der Waals surface area contributed by atoms with Gasteiger partial charge in [-0.3, -0.25) is 4.68 Å². The molecule has 6 heteroatoms. The first-order valence-electron chi connectivity index (χ1n) is 6.99. The first-order chi connectivity index (χ1) is 10.1. The highest BCUT2D eigenvalue weighted by Crippen LogP contribution is 2.27. The number of nitrogens with zero attached hydrogens (tertiary/aromatic N) is 4. The molecule has 0 saturated heterocycles. The SMILES string of the molecule is CC(O)c1nc2cc(N)ccc2n1C(C)Cn1cccn1. The fourth-order valence-corrected chi connectivity index (χ4v) is 2.65. The Morgan fingerprint density at radius 2 is 2.14 bits per heavy atom. The number of benzene rings is 1. The Balaban J connectivity index is 2.08. The summed E-state index contributed by atoms with van der Waals surface area (Å²) < 4.78 is 3.93. The second-order valence-corrected chi connectivity index (χ2v) is 5.34. The van der Waals surface area contributed by atoms with Gasteiger partial charge in [0.25, 0.3) is 0 Å². The van der Waals surface area contributed by atoms with Crippen molar-refractivity contribution >= 4 is 16.7 Å². The maximum atomic E-state index is 10.0. The molecule has 0 aliphatic carbocycles. The molecule has 0 aliphatic heterocycles. The molecule has 0 bridgehead atoms. The molecule has 110 valence electrons. The summed E-state index contributed by atoms with van der Waals surface area (Å²) in [5.74, 6) is 0.648. The van der Waals surface area contributed by atoms with E-state index in [-0.39, 0.29) is 6.04 Å². The molecule has 2 heterocycles. The van der Waals surface area contributed by atoms with E-state index >= 15 is 0 Å². The molecular weight excluding hydrogens is 266 g/mol. The zero-order valence-electron chi connectivity index (χ0n) is 12.1. The van der Waals surface area contributed by atoms with Crippen LogP contribution in [0.2, 0.25) is 0 Å². The van der Waals surface area contributed by atoms with E-state index in [9.17, 15) is 5.11 Å². The standard InChI is InChI=1S/C15H19N5O/c1-10(9-19-7-3-6-17-19)20-14-5-4-12(16)8-13(14)18-15(20)11(2)21/h3-8,10-11,21H,9,16H2,1-2H3. The highest BCUT2D eigenvalue weighted by atomic mass is 16.3. The number of imidazole rings is 1. The number of anilines is 1. The molecule has 2 atom stereocenters. The molecule has 0 saturated carbocycles. The third-order valence-electron chi connectivity index (χ3n) is 3.57. The summed E-state index contributed by atoms with van der Waals surface area (Å²) in [6.45, 7) is 4.52. The van der Waals surface area contributed by atoms with Crippen molar-refractivity contribution in [1.29, 1.82) is 0 Å². The zero-order chi connectivity index (χ0) is 15.0. The Kier molecular flexibility index (Phi) is 3.39. The van der Waals surface area contributed by atoms with Gasteiger partial charge in [0.2, 0.25) is 0 Å². The van der Waals surface area contributed by atoms with Crippen LogP contribution in [0.5, 0.6) is 0 Å². The lowest BCUT2D eigenvalue weighted by atomic mass is 10.2. The number of hydrogen-bond acceptors (Lipinski definition) is 4. The lowest BCUT2D eigenvalue weighted by Crippen LogP contribution is -2.17. The number of nitrogens with two attached hydrogens (primary N) is 1. The topological polar surface area (TPSA) is 81.9 Å². The van der Waals surface area contributed by atoms with Crippen molar-refractivity contribution in [2.24, 2.45) is 0 Å². The third-order valence-corrected chi connectivity index (χ3v) is 3.57. The Labute approximate surface area is 122 Å². The van der Waals surface area contributed by atoms with Gasteiger partial charge >= 0.3 is 0 Å². The second-order valence-electron chi connectivity index (χ2n) is 5.34. The fourth-order valence-electron chi connectivity index (χ4n) is 2.65. The molecule has 0 amide bonds. The molecule has 1 aromatic carbocycles. The van der Waals surface area contributed by atoms with E-state index < -0.39 is 6.10 Å². The molecule has 6 nitrogen and oxygen atoms in total. The van der Waals surface area contributed by atoms with Gasteiger partial charge in [0.1, 0.15) is 11.9 Å². The number of aliphatic hydroxyl groups is 1. The van der Waals surface area contributed by atoms with Crippen LogP contribution >= 0.6 is 0 Å². The predicted molar refractivity (Wildman–Crippen MR) is 81.7 cm³/mol. The summed E-state index contributed by atoms with van der Waals surface area (Å²) >= 11 is 0. The van der Waals surface area contributed by atoms with Crippen LogP contribution in [-0.4, -0.2) is 24.4 Å². The van der Waals surface area contributed by atoms with Gasteiger partial charge < -0.3 is 15.4 Å². The van der Waals surface area contributed by atoms with E-state index in [4.69, 9.17) is 5.73 Å². The van der Waals surface area contributed by atoms with E-state index in [1.54, 1.807) is 13.1 Å². The van der Waals surface area contributed by atoms with Crippen LogP contribution < -0.4 is 5.73 Å². The summed E-state index contributed by atoms with van der Waals surface area (Å²) in [5, 5.41) is 14.2. The van der Waals surface area contributed by atoms with Crippen LogP contribution in [0.1, 0.15) is 31.8 Å². The smallest absolute Gasteiger partial charge is 0.138 e. The van der Waals surface area contributed by atoms with E-state index in [1.165, 1.54) is 0 Å². The number of aromatic nitrogens is 4. The Morgan fingerprint density at radius 1 is 1.33 bits per heavy atom. The minimum atomic E-state index is -0.640. The van der Waals surface area contributed by atoms with Crippen LogP contribution in [-0.2, 0) is 6.54 Å². The monoisotopic (exact) mass is 285 g/mol. The molecule has 0 fully saturated rings. The minimum Gasteiger partial charge on any atom is -0.399 e. The molecule has 3 N–H and O–H groups in total. The summed E-state index contributed by atoms with van der Waals surface area (Å²) in [7, 11) is 0. The molecule has 0 radical (unpaired) electrons. The van der Waals surface area contributed by atoms with Crippen molar-refractivity contribution in [2.75, 3.05) is 5.73 Å². The van der Waals surface area contributed by atoms with Crippen LogP contribution in [0.15, 0.2) is 36.7 Å². The summed E-state index contributed by atoms with van der Waals surface area (Å²) in [5.41, 5.74) is 8.27. The van der Waals surface area contributed by atoms with E-state index in [0.29, 0.717) is 18.1 Å². The van der Waals surface area contributed by atoms with Gasteiger partial charge in [0.05, 0.1) is 23.6 Å². The van der Waals surface area contributed by atoms with Gasteiger partial charge in [-0.05, 0) is 38.1 Å². The van der Waals surface area contributed by atoms with Crippen molar-refractivity contribution in [3.05, 3.63) is 42.5 Å². The van der Waals surface area contributed by atoms with Crippen LogP contribution in [0.4, 0.5) is 5.69 Å². The summed E-state index contributed by atoms with van der Waals surface area (Å²) in [4.78, 5) is 4.53. The first kappa shape index (κ1) is 13.6. The van der Waals surface area contributed by atoms with E-state index in [0.717, 1.165) is 11.0 Å². The van der Waals surface area contributed by atoms with Crippen molar-refractivity contribution in [2.45, 2.75) is 32.5 Å². The largest absolute Gasteiger partial charge is 0.399 e. The molecule has 3 aromatic rings. The Hall–Kier alpha value is -2.34. The van der Waals surface area contributed by atoms with Crippen molar-refractivity contribution < 1.29 is 5.11 Å². The predicted octanol–water partition coefficient (Wildman–Crippen LogP) is 2.13. The average Bonchev–Trinajstić information content (AvgIpc) is 3.04. The van der Waals surface area contributed by atoms with Crippen LogP contribution in [0.25, 0.3) is 11.0 Å². The number of hydrogen-bond donors (Lipinski definition) is 2. The maximum Gasteiger partial charge on any atom is 0.138 e. The van der Waals surface area contributed by atoms with Crippen molar-refractivity contribution in [1.82, 2.24) is 19.3 Å². The zero-order valence-corrected chi connectivity index (χ0v) is 12.1.